The number of rotatable bonds is 4. The Kier molecular flexibility index (Phi) is 2.63. The minimum Gasteiger partial charge on any atom is -0.377 e. The molecule has 0 aromatic rings. The summed E-state index contributed by atoms with van der Waals surface area (Å²) in [5.41, 5.74) is 0. The smallest absolute Gasteiger partial charge is 0.0983 e. The molecule has 2 fully saturated rings. The van der Waals surface area contributed by atoms with Gasteiger partial charge in [-0.25, -0.2) is 0 Å². The van der Waals surface area contributed by atoms with Crippen LogP contribution in [0.3, 0.4) is 0 Å². The lowest BCUT2D eigenvalue weighted by atomic mass is 10.2. The predicted molar refractivity (Wildman–Crippen MR) is 46.1 cm³/mol. The van der Waals surface area contributed by atoms with Crippen molar-refractivity contribution in [2.75, 3.05) is 26.9 Å². The van der Waals surface area contributed by atoms with E-state index in [1.54, 1.807) is 0 Å². The van der Waals surface area contributed by atoms with Crippen LogP contribution >= 0.6 is 0 Å². The summed E-state index contributed by atoms with van der Waals surface area (Å²) < 4.78 is 11.1. The van der Waals surface area contributed by atoms with Crippen molar-refractivity contribution in [3.63, 3.8) is 0 Å². The van der Waals surface area contributed by atoms with Gasteiger partial charge in [-0.1, -0.05) is 0 Å². The van der Waals surface area contributed by atoms with Crippen LogP contribution in [0.2, 0.25) is 0 Å². The molecule has 12 heavy (non-hydrogen) atoms. The fraction of sp³-hybridized carbons (Fsp3) is 1.00. The van der Waals surface area contributed by atoms with E-state index >= 15 is 0 Å². The van der Waals surface area contributed by atoms with Crippen LogP contribution in [-0.4, -0.2) is 39.0 Å². The van der Waals surface area contributed by atoms with Crippen molar-refractivity contribution in [3.8, 4) is 0 Å². The highest BCUT2D eigenvalue weighted by atomic mass is 16.5. The maximum Gasteiger partial charge on any atom is 0.0983 e. The molecule has 0 spiro atoms. The van der Waals surface area contributed by atoms with Crippen LogP contribution in [0.25, 0.3) is 0 Å². The average molecular weight is 171 g/mol. The Morgan fingerprint density at radius 1 is 1.42 bits per heavy atom. The lowest BCUT2D eigenvalue weighted by Crippen LogP contribution is -2.38. The molecule has 0 aromatic carbocycles. The van der Waals surface area contributed by atoms with E-state index in [4.69, 9.17) is 9.47 Å². The third-order valence-corrected chi connectivity index (χ3v) is 2.64. The Balaban J connectivity index is 1.69. The van der Waals surface area contributed by atoms with Gasteiger partial charge in [0.15, 0.2) is 0 Å². The zero-order valence-electron chi connectivity index (χ0n) is 7.58. The highest BCUT2D eigenvalue weighted by Gasteiger charge is 2.30. The van der Waals surface area contributed by atoms with Crippen molar-refractivity contribution in [3.05, 3.63) is 0 Å². The highest BCUT2D eigenvalue weighted by molar-refractivity contribution is 4.82. The van der Waals surface area contributed by atoms with E-state index in [0.717, 1.165) is 25.7 Å². The first-order valence-electron chi connectivity index (χ1n) is 4.76. The van der Waals surface area contributed by atoms with Crippen molar-refractivity contribution in [1.82, 2.24) is 5.32 Å². The van der Waals surface area contributed by atoms with Gasteiger partial charge in [0.1, 0.15) is 0 Å². The first-order valence-corrected chi connectivity index (χ1v) is 4.76. The Hall–Kier alpha value is -0.120. The van der Waals surface area contributed by atoms with E-state index in [-0.39, 0.29) is 6.10 Å². The third-order valence-electron chi connectivity index (χ3n) is 2.64. The maximum absolute atomic E-state index is 5.74. The number of hydrogen-bond acceptors (Lipinski definition) is 3. The van der Waals surface area contributed by atoms with Crippen LogP contribution in [0.1, 0.15) is 12.8 Å². The molecule has 1 heterocycles. The summed E-state index contributed by atoms with van der Waals surface area (Å²) in [6.07, 6.45) is 3.01. The molecule has 0 unspecified atom stereocenters. The van der Waals surface area contributed by atoms with E-state index < -0.39 is 0 Å². The molecule has 2 rings (SSSR count). The molecule has 3 nitrogen and oxygen atoms in total. The van der Waals surface area contributed by atoms with Crippen molar-refractivity contribution in [2.24, 2.45) is 5.92 Å². The Bertz CT molecular complexity index is 147. The molecule has 2 atom stereocenters. The monoisotopic (exact) mass is 171 g/mol. The largest absolute Gasteiger partial charge is 0.377 e. The Morgan fingerprint density at radius 2 is 2.25 bits per heavy atom. The van der Waals surface area contributed by atoms with Gasteiger partial charge in [-0.2, -0.15) is 0 Å². The van der Waals surface area contributed by atoms with Crippen molar-refractivity contribution >= 4 is 0 Å². The molecule has 1 aliphatic heterocycles. The summed E-state index contributed by atoms with van der Waals surface area (Å²) in [5, 5.41) is 3.21. The normalized spacial score (nSPS) is 35.8. The molecule has 1 aliphatic carbocycles. The zero-order valence-corrected chi connectivity index (χ0v) is 7.58. The quantitative estimate of drug-likeness (QED) is 0.664. The van der Waals surface area contributed by atoms with Crippen molar-refractivity contribution < 1.29 is 9.47 Å². The lowest BCUT2D eigenvalue weighted by molar-refractivity contribution is 0.0281. The fourth-order valence-electron chi connectivity index (χ4n) is 1.51. The summed E-state index contributed by atoms with van der Waals surface area (Å²) in [5.74, 6) is 0.850. The minimum atomic E-state index is 0.288. The topological polar surface area (TPSA) is 30.5 Å². The first-order chi connectivity index (χ1) is 5.90. The maximum atomic E-state index is 5.74. The molecule has 1 saturated carbocycles. The molecule has 2 aliphatic rings. The summed E-state index contributed by atoms with van der Waals surface area (Å²) in [7, 11) is 1.97. The fourth-order valence-corrected chi connectivity index (χ4v) is 1.51. The predicted octanol–water partition coefficient (Wildman–Crippen LogP) is 0.400. The molecule has 0 radical (unpaired) electrons. The van der Waals surface area contributed by atoms with Gasteiger partial charge in [-0.3, -0.25) is 0 Å². The molecule has 0 amide bonds. The number of likely N-dealkylation sites (N-methyl/N-ethyl adjacent to an activating group) is 1. The lowest BCUT2D eigenvalue weighted by Gasteiger charge is -2.17. The Morgan fingerprint density at radius 3 is 2.92 bits per heavy atom. The average Bonchev–Trinajstić information content (AvgIpc) is 2.81. The third kappa shape index (κ3) is 1.97. The number of nitrogens with one attached hydrogen (secondary N) is 1. The summed E-state index contributed by atoms with van der Waals surface area (Å²) in [6.45, 7) is 2.50. The zero-order chi connectivity index (χ0) is 8.39. The first kappa shape index (κ1) is 8.48. The molecule has 0 bridgehead atoms. The van der Waals surface area contributed by atoms with Gasteiger partial charge in [-0.05, 0) is 25.8 Å². The van der Waals surface area contributed by atoms with Crippen molar-refractivity contribution in [2.45, 2.75) is 25.0 Å². The number of ether oxygens (including phenoxy) is 2. The van der Waals surface area contributed by atoms with Gasteiger partial charge in [-0.15, -0.1) is 0 Å². The SMILES string of the molecule is CN[C@H]1COC[C@H]1OCC1CC1. The molecule has 0 aromatic heterocycles. The van der Waals surface area contributed by atoms with E-state index in [1.807, 2.05) is 7.05 Å². The molecular formula is C9H17NO2. The van der Waals surface area contributed by atoms with Crippen LogP contribution in [0.5, 0.6) is 0 Å². The van der Waals surface area contributed by atoms with Gasteiger partial charge < -0.3 is 14.8 Å². The summed E-state index contributed by atoms with van der Waals surface area (Å²) >= 11 is 0. The van der Waals surface area contributed by atoms with E-state index in [0.29, 0.717) is 6.04 Å². The van der Waals surface area contributed by atoms with Crippen LogP contribution < -0.4 is 5.32 Å². The number of hydrogen-bond donors (Lipinski definition) is 1. The molecule has 70 valence electrons. The van der Waals surface area contributed by atoms with Crippen LogP contribution in [-0.2, 0) is 9.47 Å². The molecular weight excluding hydrogens is 154 g/mol. The van der Waals surface area contributed by atoms with E-state index in [2.05, 4.69) is 5.32 Å². The molecule has 1 saturated heterocycles. The van der Waals surface area contributed by atoms with Crippen LogP contribution in [0, 0.1) is 5.92 Å². The van der Waals surface area contributed by atoms with Gasteiger partial charge in [0.25, 0.3) is 0 Å². The standard InChI is InChI=1S/C9H17NO2/c1-10-8-5-11-6-9(8)12-4-7-2-3-7/h7-10H,2-6H2,1H3/t8-,9+/m0/s1. The van der Waals surface area contributed by atoms with Gasteiger partial charge in [0.2, 0.25) is 0 Å². The summed E-state index contributed by atoms with van der Waals surface area (Å²) in [6, 6.07) is 0.406. The van der Waals surface area contributed by atoms with Crippen LogP contribution in [0.15, 0.2) is 0 Å². The second kappa shape index (κ2) is 3.73. The second-order valence-corrected chi connectivity index (χ2v) is 3.75. The molecule has 3 heteroatoms. The van der Waals surface area contributed by atoms with Gasteiger partial charge >= 0.3 is 0 Å². The summed E-state index contributed by atoms with van der Waals surface area (Å²) in [4.78, 5) is 0. The van der Waals surface area contributed by atoms with Gasteiger partial charge in [0, 0.05) is 6.61 Å². The Labute approximate surface area is 73.4 Å². The minimum absolute atomic E-state index is 0.288. The second-order valence-electron chi connectivity index (χ2n) is 3.75. The highest BCUT2D eigenvalue weighted by Crippen LogP contribution is 2.29. The van der Waals surface area contributed by atoms with Crippen LogP contribution in [0.4, 0.5) is 0 Å². The molecule has 1 N–H and O–H groups in total. The van der Waals surface area contributed by atoms with Gasteiger partial charge in [0.05, 0.1) is 25.4 Å². The van der Waals surface area contributed by atoms with E-state index in [1.165, 1.54) is 12.8 Å². The van der Waals surface area contributed by atoms with E-state index in [9.17, 15) is 0 Å². The van der Waals surface area contributed by atoms with Crippen molar-refractivity contribution in [1.29, 1.82) is 0 Å².